The maximum atomic E-state index is 5.13. The maximum Gasteiger partial charge on any atom is 0.0312 e. The van der Waals surface area contributed by atoms with Gasteiger partial charge in [0.05, 0.1) is 0 Å². The number of unbranched alkanes of at least 4 members (excludes halogenated alkanes) is 1. The summed E-state index contributed by atoms with van der Waals surface area (Å²) in [5, 5.41) is 3.30. The van der Waals surface area contributed by atoms with Gasteiger partial charge < -0.3 is 5.32 Å². The molecule has 0 atom stereocenters. The Morgan fingerprint density at radius 3 is 3.15 bits per heavy atom. The second-order valence-electron chi connectivity index (χ2n) is 2.85. The highest BCUT2D eigenvalue weighted by Gasteiger charge is 1.90. The first-order valence-electron chi connectivity index (χ1n) is 4.46. The van der Waals surface area contributed by atoms with Gasteiger partial charge in [-0.1, -0.05) is 6.07 Å². The van der Waals surface area contributed by atoms with E-state index in [4.69, 9.17) is 6.42 Å². The summed E-state index contributed by atoms with van der Waals surface area (Å²) in [5.74, 6) is 2.61. The van der Waals surface area contributed by atoms with Crippen LogP contribution in [0, 0.1) is 12.3 Å². The summed E-state index contributed by atoms with van der Waals surface area (Å²) in [4.78, 5) is 4.03. The fraction of sp³-hybridized carbons (Fsp3) is 0.364. The minimum Gasteiger partial charge on any atom is -0.313 e. The topological polar surface area (TPSA) is 24.9 Å². The van der Waals surface area contributed by atoms with Crippen LogP contribution in [0.4, 0.5) is 0 Å². The highest BCUT2D eigenvalue weighted by molar-refractivity contribution is 5.07. The average Bonchev–Trinajstić information content (AvgIpc) is 2.19. The number of hydrogen-bond acceptors (Lipinski definition) is 2. The van der Waals surface area contributed by atoms with E-state index in [0.717, 1.165) is 25.9 Å². The number of pyridine rings is 1. The summed E-state index contributed by atoms with van der Waals surface area (Å²) in [6, 6.07) is 4.00. The van der Waals surface area contributed by atoms with E-state index in [0.29, 0.717) is 0 Å². The monoisotopic (exact) mass is 174 g/mol. The molecule has 0 saturated heterocycles. The summed E-state index contributed by atoms with van der Waals surface area (Å²) in [6.07, 6.45) is 10.7. The van der Waals surface area contributed by atoms with Gasteiger partial charge in [0.1, 0.15) is 0 Å². The lowest BCUT2D eigenvalue weighted by atomic mass is 10.2. The zero-order valence-corrected chi connectivity index (χ0v) is 7.66. The predicted molar refractivity (Wildman–Crippen MR) is 54.0 cm³/mol. The Labute approximate surface area is 79.4 Å². The molecule has 0 fully saturated rings. The van der Waals surface area contributed by atoms with Gasteiger partial charge in [0.25, 0.3) is 0 Å². The number of nitrogens with one attached hydrogen (secondary N) is 1. The molecule has 1 rings (SSSR count). The lowest BCUT2D eigenvalue weighted by Crippen LogP contribution is -2.14. The van der Waals surface area contributed by atoms with Crippen LogP contribution in [0.25, 0.3) is 0 Å². The third kappa shape index (κ3) is 4.29. The van der Waals surface area contributed by atoms with Crippen molar-refractivity contribution < 1.29 is 0 Å². The van der Waals surface area contributed by atoms with Crippen LogP contribution in [0.3, 0.4) is 0 Å². The van der Waals surface area contributed by atoms with Crippen molar-refractivity contribution in [1.82, 2.24) is 10.3 Å². The zero-order chi connectivity index (χ0) is 9.36. The van der Waals surface area contributed by atoms with E-state index in [2.05, 4.69) is 22.3 Å². The quantitative estimate of drug-likeness (QED) is 0.541. The Morgan fingerprint density at radius 2 is 2.46 bits per heavy atom. The van der Waals surface area contributed by atoms with Gasteiger partial charge in [-0.2, -0.15) is 0 Å². The SMILES string of the molecule is C#CCCCNCc1cccnc1. The molecule has 0 saturated carbocycles. The van der Waals surface area contributed by atoms with E-state index in [1.807, 2.05) is 12.3 Å². The van der Waals surface area contributed by atoms with Gasteiger partial charge in [0.15, 0.2) is 0 Å². The number of nitrogens with zero attached hydrogens (tertiary/aromatic N) is 1. The average molecular weight is 174 g/mol. The second kappa shape index (κ2) is 6.22. The van der Waals surface area contributed by atoms with Crippen molar-refractivity contribution in [3.05, 3.63) is 30.1 Å². The van der Waals surface area contributed by atoms with E-state index in [1.165, 1.54) is 5.56 Å². The lowest BCUT2D eigenvalue weighted by molar-refractivity contribution is 0.658. The molecule has 2 heteroatoms. The zero-order valence-electron chi connectivity index (χ0n) is 7.66. The van der Waals surface area contributed by atoms with Crippen LogP contribution >= 0.6 is 0 Å². The van der Waals surface area contributed by atoms with E-state index >= 15 is 0 Å². The highest BCUT2D eigenvalue weighted by atomic mass is 14.8. The van der Waals surface area contributed by atoms with Crippen molar-refractivity contribution >= 4 is 0 Å². The molecule has 0 amide bonds. The highest BCUT2D eigenvalue weighted by Crippen LogP contribution is 1.94. The Hall–Kier alpha value is -1.33. The molecule has 2 nitrogen and oxygen atoms in total. The second-order valence-corrected chi connectivity index (χ2v) is 2.85. The van der Waals surface area contributed by atoms with Crippen molar-refractivity contribution in [1.29, 1.82) is 0 Å². The molecule has 0 radical (unpaired) electrons. The molecule has 0 aliphatic heterocycles. The molecule has 0 aliphatic rings. The van der Waals surface area contributed by atoms with Gasteiger partial charge in [-0.25, -0.2) is 0 Å². The molecule has 0 aliphatic carbocycles. The molecular weight excluding hydrogens is 160 g/mol. The molecule has 1 N–H and O–H groups in total. The summed E-state index contributed by atoms with van der Waals surface area (Å²) in [5.41, 5.74) is 1.21. The van der Waals surface area contributed by atoms with Crippen LogP contribution in [-0.4, -0.2) is 11.5 Å². The third-order valence-electron chi connectivity index (χ3n) is 1.73. The Balaban J connectivity index is 2.11. The van der Waals surface area contributed by atoms with Gasteiger partial charge in [0.2, 0.25) is 0 Å². The molecule has 1 aromatic rings. The summed E-state index contributed by atoms with van der Waals surface area (Å²) in [7, 11) is 0. The number of rotatable bonds is 5. The van der Waals surface area contributed by atoms with Crippen molar-refractivity contribution in [3.8, 4) is 12.3 Å². The van der Waals surface area contributed by atoms with Gasteiger partial charge in [-0.3, -0.25) is 4.98 Å². The van der Waals surface area contributed by atoms with Crippen molar-refractivity contribution in [2.45, 2.75) is 19.4 Å². The van der Waals surface area contributed by atoms with Gasteiger partial charge in [0, 0.05) is 25.4 Å². The van der Waals surface area contributed by atoms with Crippen molar-refractivity contribution in [3.63, 3.8) is 0 Å². The van der Waals surface area contributed by atoms with E-state index < -0.39 is 0 Å². The normalized spacial score (nSPS) is 9.46. The predicted octanol–water partition coefficient (Wildman–Crippen LogP) is 1.58. The first kappa shape index (κ1) is 9.76. The van der Waals surface area contributed by atoms with E-state index in [9.17, 15) is 0 Å². The summed E-state index contributed by atoms with van der Waals surface area (Å²) < 4.78 is 0. The van der Waals surface area contributed by atoms with Crippen molar-refractivity contribution in [2.24, 2.45) is 0 Å². The molecule has 1 heterocycles. The summed E-state index contributed by atoms with van der Waals surface area (Å²) >= 11 is 0. The first-order chi connectivity index (χ1) is 6.43. The minimum absolute atomic E-state index is 0.847. The van der Waals surface area contributed by atoms with Gasteiger partial charge in [-0.05, 0) is 24.6 Å². The fourth-order valence-corrected chi connectivity index (χ4v) is 1.05. The van der Waals surface area contributed by atoms with Crippen LogP contribution in [0.5, 0.6) is 0 Å². The van der Waals surface area contributed by atoms with E-state index in [-0.39, 0.29) is 0 Å². The van der Waals surface area contributed by atoms with Crippen LogP contribution in [0.15, 0.2) is 24.5 Å². The maximum absolute atomic E-state index is 5.13. The first-order valence-corrected chi connectivity index (χ1v) is 4.46. The van der Waals surface area contributed by atoms with Crippen LogP contribution in [0.2, 0.25) is 0 Å². The van der Waals surface area contributed by atoms with Crippen LogP contribution in [0.1, 0.15) is 18.4 Å². The molecule has 0 unspecified atom stereocenters. The van der Waals surface area contributed by atoms with Gasteiger partial charge >= 0.3 is 0 Å². The molecule has 0 aromatic carbocycles. The number of aromatic nitrogens is 1. The van der Waals surface area contributed by atoms with Crippen LogP contribution < -0.4 is 5.32 Å². The largest absolute Gasteiger partial charge is 0.313 e. The Kier molecular flexibility index (Phi) is 4.66. The lowest BCUT2D eigenvalue weighted by Gasteiger charge is -2.02. The molecule has 0 bridgehead atoms. The van der Waals surface area contributed by atoms with Crippen LogP contribution in [-0.2, 0) is 6.54 Å². The smallest absolute Gasteiger partial charge is 0.0312 e. The molecule has 0 spiro atoms. The molecule has 13 heavy (non-hydrogen) atoms. The van der Waals surface area contributed by atoms with Crippen molar-refractivity contribution in [2.75, 3.05) is 6.54 Å². The molecule has 1 aromatic heterocycles. The standard InChI is InChI=1S/C11H14N2/c1-2-3-4-7-12-9-11-6-5-8-13-10-11/h1,5-6,8,10,12H,3-4,7,9H2. The number of terminal acetylenes is 1. The summed E-state index contributed by atoms with van der Waals surface area (Å²) in [6.45, 7) is 1.84. The van der Waals surface area contributed by atoms with E-state index in [1.54, 1.807) is 6.20 Å². The fourth-order valence-electron chi connectivity index (χ4n) is 1.05. The number of hydrogen-bond donors (Lipinski definition) is 1. The minimum atomic E-state index is 0.847. The molecule has 68 valence electrons. The molecular formula is C11H14N2. The van der Waals surface area contributed by atoms with Gasteiger partial charge in [-0.15, -0.1) is 12.3 Å². The third-order valence-corrected chi connectivity index (χ3v) is 1.73. The Morgan fingerprint density at radius 1 is 1.54 bits per heavy atom. The Bertz CT molecular complexity index is 261.